The lowest BCUT2D eigenvalue weighted by atomic mass is 9.97. The number of rotatable bonds is 5. The number of hydrogen-bond acceptors (Lipinski definition) is 4. The Bertz CT molecular complexity index is 566. The molecule has 0 heterocycles. The number of carbonyl (C=O) groups is 1. The second-order valence-corrected chi connectivity index (χ2v) is 7.30. The van der Waals surface area contributed by atoms with Crippen molar-refractivity contribution in [2.75, 3.05) is 5.75 Å². The van der Waals surface area contributed by atoms with Gasteiger partial charge in [0.2, 0.25) is 5.91 Å². The maximum atomic E-state index is 12.2. The van der Waals surface area contributed by atoms with Gasteiger partial charge >= 0.3 is 0 Å². The predicted molar refractivity (Wildman–Crippen MR) is 88.6 cm³/mol. The summed E-state index contributed by atoms with van der Waals surface area (Å²) in [5.41, 5.74) is -0.0512. The minimum absolute atomic E-state index is 0.0512. The molecule has 23 heavy (non-hydrogen) atoms. The van der Waals surface area contributed by atoms with E-state index in [1.165, 1.54) is 43.5 Å². The molecule has 0 aliphatic heterocycles. The zero-order chi connectivity index (χ0) is 16.7. The summed E-state index contributed by atoms with van der Waals surface area (Å²) in [7, 11) is -1.48. The van der Waals surface area contributed by atoms with E-state index in [9.17, 15) is 19.1 Å². The molecule has 1 N–H and O–H groups in total. The van der Waals surface area contributed by atoms with E-state index >= 15 is 0 Å². The van der Waals surface area contributed by atoms with Crippen molar-refractivity contribution in [1.82, 2.24) is 5.32 Å². The largest absolute Gasteiger partial charge is 0.353 e. The second kappa shape index (κ2) is 8.76. The maximum Gasteiger partial charge on any atom is 0.269 e. The van der Waals surface area contributed by atoms with Gasteiger partial charge in [0.1, 0.15) is 5.75 Å². The van der Waals surface area contributed by atoms with E-state index in [1.807, 2.05) is 0 Å². The van der Waals surface area contributed by atoms with Gasteiger partial charge in [-0.25, -0.2) is 0 Å². The predicted octanol–water partition coefficient (Wildman–Crippen LogP) is 2.93. The number of non-ortho nitro benzene ring substituents is 1. The minimum atomic E-state index is -1.48. The van der Waals surface area contributed by atoms with Crippen LogP contribution in [0.1, 0.15) is 44.9 Å². The Kier molecular flexibility index (Phi) is 6.70. The fourth-order valence-electron chi connectivity index (χ4n) is 2.79. The molecule has 1 saturated carbocycles. The summed E-state index contributed by atoms with van der Waals surface area (Å²) in [5.74, 6) is -0.318. The van der Waals surface area contributed by atoms with Gasteiger partial charge in [0.25, 0.3) is 5.69 Å². The summed E-state index contributed by atoms with van der Waals surface area (Å²) >= 11 is 0. The van der Waals surface area contributed by atoms with E-state index in [0.717, 1.165) is 25.7 Å². The molecule has 0 spiro atoms. The number of nitro benzene ring substituents is 1. The number of carbonyl (C=O) groups excluding carboxylic acids is 1. The van der Waals surface area contributed by atoms with Crippen molar-refractivity contribution in [2.45, 2.75) is 55.9 Å². The molecular formula is C16H22N2O4S. The number of nitrogens with zero attached hydrogens (tertiary/aromatic N) is 1. The number of amides is 1. The van der Waals surface area contributed by atoms with Gasteiger partial charge in [-0.3, -0.25) is 19.1 Å². The van der Waals surface area contributed by atoms with Crippen molar-refractivity contribution < 1.29 is 13.9 Å². The summed E-state index contributed by atoms with van der Waals surface area (Å²) < 4.78 is 12.2. The number of nitro groups is 1. The van der Waals surface area contributed by atoms with Crippen molar-refractivity contribution in [2.24, 2.45) is 0 Å². The summed E-state index contributed by atoms with van der Waals surface area (Å²) in [6, 6.07) is 5.67. The first kappa shape index (κ1) is 17.6. The van der Waals surface area contributed by atoms with Gasteiger partial charge < -0.3 is 5.32 Å². The van der Waals surface area contributed by atoms with Crippen LogP contribution < -0.4 is 5.32 Å². The third-order valence-corrected chi connectivity index (χ3v) is 5.37. The van der Waals surface area contributed by atoms with Crippen LogP contribution in [-0.2, 0) is 15.6 Å². The fourth-order valence-corrected chi connectivity index (χ4v) is 3.72. The van der Waals surface area contributed by atoms with Crippen LogP contribution in [0.4, 0.5) is 5.69 Å². The quantitative estimate of drug-likeness (QED) is 0.660. The Morgan fingerprint density at radius 3 is 2.26 bits per heavy atom. The lowest BCUT2D eigenvalue weighted by Crippen LogP contribution is -2.37. The molecule has 1 aromatic rings. The third kappa shape index (κ3) is 5.74. The highest BCUT2D eigenvalue weighted by molar-refractivity contribution is 7.85. The van der Waals surface area contributed by atoms with Crippen LogP contribution in [0, 0.1) is 10.1 Å². The first-order valence-corrected chi connectivity index (χ1v) is 9.30. The lowest BCUT2D eigenvalue weighted by molar-refractivity contribution is -0.384. The molecule has 7 heteroatoms. The van der Waals surface area contributed by atoms with Crippen LogP contribution >= 0.6 is 0 Å². The van der Waals surface area contributed by atoms with E-state index < -0.39 is 15.7 Å². The monoisotopic (exact) mass is 338 g/mol. The Morgan fingerprint density at radius 2 is 1.70 bits per heavy atom. The van der Waals surface area contributed by atoms with Crippen LogP contribution in [0.2, 0.25) is 0 Å². The Labute approximate surface area is 138 Å². The topological polar surface area (TPSA) is 89.3 Å². The zero-order valence-corrected chi connectivity index (χ0v) is 13.8. The molecule has 1 amide bonds. The summed E-state index contributed by atoms with van der Waals surface area (Å²) in [6.07, 6.45) is 7.89. The number of nitrogens with one attached hydrogen (secondary N) is 1. The summed E-state index contributed by atoms with van der Waals surface area (Å²) in [5, 5.41) is 13.6. The molecule has 6 nitrogen and oxygen atoms in total. The smallest absolute Gasteiger partial charge is 0.269 e. The average Bonchev–Trinajstić information content (AvgIpc) is 2.50. The number of benzene rings is 1. The van der Waals surface area contributed by atoms with Crippen molar-refractivity contribution in [3.63, 3.8) is 0 Å². The van der Waals surface area contributed by atoms with Gasteiger partial charge in [0, 0.05) is 23.1 Å². The SMILES string of the molecule is O=C(CS(=O)c1ccc([N+](=O)[O-])cc1)NC1CCCCCCC1. The molecule has 126 valence electrons. The van der Waals surface area contributed by atoms with Crippen LogP contribution in [0.25, 0.3) is 0 Å². The van der Waals surface area contributed by atoms with Crippen LogP contribution in [-0.4, -0.2) is 26.8 Å². The molecule has 1 aliphatic rings. The maximum absolute atomic E-state index is 12.2. The molecule has 2 rings (SSSR count). The van der Waals surface area contributed by atoms with Crippen LogP contribution in [0.15, 0.2) is 29.2 Å². The second-order valence-electron chi connectivity index (χ2n) is 5.85. The van der Waals surface area contributed by atoms with Gasteiger partial charge in [-0.2, -0.15) is 0 Å². The minimum Gasteiger partial charge on any atom is -0.353 e. The molecular weight excluding hydrogens is 316 g/mol. The first-order chi connectivity index (χ1) is 11.1. The van der Waals surface area contributed by atoms with Gasteiger partial charge in [-0.05, 0) is 25.0 Å². The molecule has 0 aromatic heterocycles. The Hall–Kier alpha value is -1.76. The highest BCUT2D eigenvalue weighted by Gasteiger charge is 2.17. The van der Waals surface area contributed by atoms with E-state index in [-0.39, 0.29) is 23.4 Å². The molecule has 1 unspecified atom stereocenters. The van der Waals surface area contributed by atoms with E-state index in [4.69, 9.17) is 0 Å². The zero-order valence-electron chi connectivity index (χ0n) is 13.0. The molecule has 1 aromatic carbocycles. The van der Waals surface area contributed by atoms with Crippen LogP contribution in [0.5, 0.6) is 0 Å². The normalized spacial score (nSPS) is 17.7. The average molecular weight is 338 g/mol. The van der Waals surface area contributed by atoms with E-state index in [2.05, 4.69) is 5.32 Å². The van der Waals surface area contributed by atoms with E-state index in [0.29, 0.717) is 4.90 Å². The van der Waals surface area contributed by atoms with Crippen molar-refractivity contribution in [3.8, 4) is 0 Å². The standard InChI is InChI=1S/C16H22N2O4S/c19-16(17-13-6-4-2-1-3-5-7-13)12-23(22)15-10-8-14(9-11-15)18(20)21/h8-11,13H,1-7,12H2,(H,17,19). The molecule has 0 saturated heterocycles. The van der Waals surface area contributed by atoms with Gasteiger partial charge in [-0.1, -0.05) is 32.1 Å². The van der Waals surface area contributed by atoms with Crippen LogP contribution in [0.3, 0.4) is 0 Å². The van der Waals surface area contributed by atoms with Gasteiger partial charge in [0.15, 0.2) is 0 Å². The molecule has 0 bridgehead atoms. The molecule has 1 atom stereocenters. The van der Waals surface area contributed by atoms with Crippen molar-refractivity contribution in [1.29, 1.82) is 0 Å². The number of hydrogen-bond donors (Lipinski definition) is 1. The molecule has 0 radical (unpaired) electrons. The lowest BCUT2D eigenvalue weighted by Gasteiger charge is -2.20. The summed E-state index contributed by atoms with van der Waals surface area (Å²) in [4.78, 5) is 22.6. The highest BCUT2D eigenvalue weighted by Crippen LogP contribution is 2.18. The molecule has 1 fully saturated rings. The third-order valence-electron chi connectivity index (χ3n) is 4.04. The fraction of sp³-hybridized carbons (Fsp3) is 0.562. The molecule has 1 aliphatic carbocycles. The Balaban J connectivity index is 1.86. The van der Waals surface area contributed by atoms with E-state index in [1.54, 1.807) is 0 Å². The first-order valence-electron chi connectivity index (χ1n) is 7.98. The van der Waals surface area contributed by atoms with Crippen molar-refractivity contribution in [3.05, 3.63) is 34.4 Å². The van der Waals surface area contributed by atoms with Gasteiger partial charge in [-0.15, -0.1) is 0 Å². The van der Waals surface area contributed by atoms with Gasteiger partial charge in [0.05, 0.1) is 15.7 Å². The highest BCUT2D eigenvalue weighted by atomic mass is 32.2. The Morgan fingerprint density at radius 1 is 1.13 bits per heavy atom. The summed E-state index contributed by atoms with van der Waals surface area (Å²) in [6.45, 7) is 0. The van der Waals surface area contributed by atoms with Crippen molar-refractivity contribution >= 4 is 22.4 Å².